The maximum atomic E-state index is 11.4. The largest absolute Gasteiger partial charge is 0.493 e. The van der Waals surface area contributed by atoms with Crippen LogP contribution in [0.1, 0.15) is 18.4 Å². The van der Waals surface area contributed by atoms with Crippen molar-refractivity contribution < 1.29 is 28.9 Å². The van der Waals surface area contributed by atoms with Gasteiger partial charge in [-0.2, -0.15) is 0 Å². The number of ether oxygens (including phenoxy) is 3. The van der Waals surface area contributed by atoms with Gasteiger partial charge in [0.2, 0.25) is 11.7 Å². The summed E-state index contributed by atoms with van der Waals surface area (Å²) in [6.45, 7) is 0.296. The third-order valence-electron chi connectivity index (χ3n) is 3.27. The Bertz CT molecular complexity index is 536. The number of methoxy groups -OCH3 is 3. The topological polar surface area (TPSA) is 120 Å². The first-order valence-electron chi connectivity index (χ1n) is 6.96. The molecule has 128 valence electrons. The zero-order valence-corrected chi connectivity index (χ0v) is 13.4. The Kier molecular flexibility index (Phi) is 7.14. The number of carbonyl (C=O) groups is 2. The molecule has 1 atom stereocenters. The Morgan fingerprint density at radius 3 is 2.13 bits per heavy atom. The summed E-state index contributed by atoms with van der Waals surface area (Å²) in [5, 5.41) is 11.6. The normalized spacial score (nSPS) is 11.6. The molecule has 1 rings (SSSR count). The Morgan fingerprint density at radius 1 is 1.17 bits per heavy atom. The molecule has 0 spiro atoms. The van der Waals surface area contributed by atoms with E-state index in [1.807, 2.05) is 0 Å². The lowest BCUT2D eigenvalue weighted by molar-refractivity contribution is -0.137. The van der Waals surface area contributed by atoms with Gasteiger partial charge in [-0.1, -0.05) is 0 Å². The van der Waals surface area contributed by atoms with Crippen LogP contribution in [0.15, 0.2) is 12.1 Å². The summed E-state index contributed by atoms with van der Waals surface area (Å²) >= 11 is 0. The van der Waals surface area contributed by atoms with Crippen LogP contribution >= 0.6 is 0 Å². The number of hydrogen-bond donors (Lipinski definition) is 3. The molecule has 0 heterocycles. The maximum Gasteiger partial charge on any atom is 0.303 e. The summed E-state index contributed by atoms with van der Waals surface area (Å²) in [6, 6.07) is 2.75. The summed E-state index contributed by atoms with van der Waals surface area (Å²) in [5.41, 5.74) is 6.06. The van der Waals surface area contributed by atoms with E-state index in [1.54, 1.807) is 12.1 Å². The highest BCUT2D eigenvalue weighted by Crippen LogP contribution is 2.38. The van der Waals surface area contributed by atoms with Crippen LogP contribution in [0.3, 0.4) is 0 Å². The average molecular weight is 326 g/mol. The highest BCUT2D eigenvalue weighted by molar-refractivity contribution is 5.80. The van der Waals surface area contributed by atoms with Crippen LogP contribution in [-0.2, 0) is 16.1 Å². The molecule has 4 N–H and O–H groups in total. The average Bonchev–Trinajstić information content (AvgIpc) is 2.52. The quantitative estimate of drug-likeness (QED) is 0.573. The number of benzene rings is 1. The van der Waals surface area contributed by atoms with Gasteiger partial charge in [0.25, 0.3) is 0 Å². The van der Waals surface area contributed by atoms with Crippen LogP contribution in [0.5, 0.6) is 17.2 Å². The van der Waals surface area contributed by atoms with Crippen molar-refractivity contribution in [2.45, 2.75) is 25.4 Å². The molecule has 1 amide bonds. The Hall–Kier alpha value is -2.48. The van der Waals surface area contributed by atoms with Crippen molar-refractivity contribution in [3.05, 3.63) is 17.7 Å². The van der Waals surface area contributed by atoms with Gasteiger partial charge in [0.1, 0.15) is 0 Å². The van der Waals surface area contributed by atoms with Crippen LogP contribution in [0.4, 0.5) is 0 Å². The van der Waals surface area contributed by atoms with Gasteiger partial charge in [-0.25, -0.2) is 0 Å². The fourth-order valence-corrected chi connectivity index (χ4v) is 2.09. The van der Waals surface area contributed by atoms with E-state index in [0.29, 0.717) is 23.8 Å². The van der Waals surface area contributed by atoms with Gasteiger partial charge in [0.15, 0.2) is 11.5 Å². The second-order valence-corrected chi connectivity index (χ2v) is 4.80. The van der Waals surface area contributed by atoms with E-state index in [9.17, 15) is 9.59 Å². The van der Waals surface area contributed by atoms with E-state index in [0.717, 1.165) is 5.56 Å². The van der Waals surface area contributed by atoms with E-state index in [4.69, 9.17) is 25.1 Å². The minimum Gasteiger partial charge on any atom is -0.493 e. The molecule has 0 fully saturated rings. The number of nitrogens with two attached hydrogens (primary N) is 1. The second kappa shape index (κ2) is 8.84. The van der Waals surface area contributed by atoms with Crippen LogP contribution in [0.25, 0.3) is 0 Å². The summed E-state index contributed by atoms with van der Waals surface area (Å²) in [7, 11) is 4.52. The molecule has 23 heavy (non-hydrogen) atoms. The van der Waals surface area contributed by atoms with Crippen LogP contribution in [0, 0.1) is 0 Å². The smallest absolute Gasteiger partial charge is 0.303 e. The third-order valence-corrected chi connectivity index (χ3v) is 3.27. The van der Waals surface area contributed by atoms with Gasteiger partial charge < -0.3 is 30.4 Å². The second-order valence-electron chi connectivity index (χ2n) is 4.80. The molecule has 1 aromatic rings. The first kappa shape index (κ1) is 18.6. The van der Waals surface area contributed by atoms with E-state index in [-0.39, 0.29) is 12.8 Å². The summed E-state index contributed by atoms with van der Waals surface area (Å²) < 4.78 is 15.7. The van der Waals surface area contributed by atoms with Crippen LogP contribution in [0.2, 0.25) is 0 Å². The lowest BCUT2D eigenvalue weighted by Crippen LogP contribution is -2.41. The SMILES string of the molecule is COc1cc(CN[C@@H](CCC(=O)O)C(N)=O)cc(OC)c1OC. The number of nitrogens with one attached hydrogen (secondary N) is 1. The van der Waals surface area contributed by atoms with Gasteiger partial charge in [0, 0.05) is 13.0 Å². The highest BCUT2D eigenvalue weighted by atomic mass is 16.5. The summed E-state index contributed by atoms with van der Waals surface area (Å²) in [4.78, 5) is 22.0. The van der Waals surface area contributed by atoms with Crippen LogP contribution in [-0.4, -0.2) is 44.4 Å². The molecule has 0 unspecified atom stereocenters. The number of rotatable bonds is 10. The molecule has 8 nitrogen and oxygen atoms in total. The lowest BCUT2D eigenvalue weighted by atomic mass is 10.1. The van der Waals surface area contributed by atoms with Crippen molar-refractivity contribution in [1.82, 2.24) is 5.32 Å². The molecule has 0 bridgehead atoms. The van der Waals surface area contributed by atoms with Crippen molar-refractivity contribution in [3.8, 4) is 17.2 Å². The predicted octanol–water partition coefficient (Wildman–Crippen LogP) is 0.521. The summed E-state index contributed by atoms with van der Waals surface area (Å²) in [5.74, 6) is -0.129. The zero-order chi connectivity index (χ0) is 17.4. The molecular weight excluding hydrogens is 304 g/mol. The molecule has 0 saturated carbocycles. The molecule has 0 aliphatic heterocycles. The third kappa shape index (κ3) is 5.33. The van der Waals surface area contributed by atoms with E-state index in [1.165, 1.54) is 21.3 Å². The highest BCUT2D eigenvalue weighted by Gasteiger charge is 2.18. The molecule has 0 aliphatic carbocycles. The van der Waals surface area contributed by atoms with Crippen molar-refractivity contribution in [2.24, 2.45) is 5.73 Å². The molecule has 0 saturated heterocycles. The molecule has 1 aromatic carbocycles. The van der Waals surface area contributed by atoms with Gasteiger partial charge in [0.05, 0.1) is 27.4 Å². The lowest BCUT2D eigenvalue weighted by Gasteiger charge is -2.17. The molecule has 0 aliphatic rings. The van der Waals surface area contributed by atoms with Gasteiger partial charge in [-0.15, -0.1) is 0 Å². The number of carboxylic acids is 1. The van der Waals surface area contributed by atoms with Gasteiger partial charge >= 0.3 is 5.97 Å². The molecule has 0 radical (unpaired) electrons. The van der Waals surface area contributed by atoms with Crippen molar-refractivity contribution in [3.63, 3.8) is 0 Å². The van der Waals surface area contributed by atoms with E-state index in [2.05, 4.69) is 5.32 Å². The Morgan fingerprint density at radius 2 is 1.74 bits per heavy atom. The molecule has 0 aromatic heterocycles. The number of carboxylic acid groups (broad SMARTS) is 1. The minimum absolute atomic E-state index is 0.120. The monoisotopic (exact) mass is 326 g/mol. The fourth-order valence-electron chi connectivity index (χ4n) is 2.09. The molecule has 8 heteroatoms. The zero-order valence-electron chi connectivity index (χ0n) is 13.4. The fraction of sp³-hybridized carbons (Fsp3) is 0.467. The first-order valence-corrected chi connectivity index (χ1v) is 6.96. The minimum atomic E-state index is -0.981. The van der Waals surface area contributed by atoms with E-state index >= 15 is 0 Å². The Labute approximate surface area is 134 Å². The number of hydrogen-bond acceptors (Lipinski definition) is 6. The van der Waals surface area contributed by atoms with Crippen LogP contribution < -0.4 is 25.3 Å². The van der Waals surface area contributed by atoms with Crippen molar-refractivity contribution >= 4 is 11.9 Å². The van der Waals surface area contributed by atoms with Gasteiger partial charge in [-0.3, -0.25) is 9.59 Å². The Balaban J connectivity index is 2.86. The van der Waals surface area contributed by atoms with Crippen molar-refractivity contribution in [1.29, 1.82) is 0 Å². The summed E-state index contributed by atoms with van der Waals surface area (Å²) in [6.07, 6.45) is -0.0229. The maximum absolute atomic E-state index is 11.4. The number of carbonyl (C=O) groups excluding carboxylic acids is 1. The first-order chi connectivity index (χ1) is 10.9. The standard InChI is InChI=1S/C15H22N2O6/c1-21-11-6-9(7-12(22-2)14(11)23-3)8-17-10(15(16)20)4-5-13(18)19/h6-7,10,17H,4-5,8H2,1-3H3,(H2,16,20)(H,18,19)/t10-/m0/s1. The van der Waals surface area contributed by atoms with E-state index < -0.39 is 17.9 Å². The van der Waals surface area contributed by atoms with Crippen molar-refractivity contribution in [2.75, 3.05) is 21.3 Å². The number of amides is 1. The molecular formula is C15H22N2O6. The predicted molar refractivity (Wildman–Crippen MR) is 82.8 cm³/mol. The number of aliphatic carboxylic acids is 1. The number of primary amides is 1. The van der Waals surface area contributed by atoms with Gasteiger partial charge in [-0.05, 0) is 24.1 Å².